The van der Waals surface area contributed by atoms with E-state index in [4.69, 9.17) is 0 Å². The maximum absolute atomic E-state index is 13.4. The maximum Gasteiger partial charge on any atom is 0.255 e. The van der Waals surface area contributed by atoms with Crippen molar-refractivity contribution in [2.45, 2.75) is 13.8 Å². The first-order valence-corrected chi connectivity index (χ1v) is 6.61. The minimum absolute atomic E-state index is 0.248. The zero-order valence-corrected chi connectivity index (χ0v) is 12.2. The lowest BCUT2D eigenvalue weighted by atomic mass is 10.1. The van der Waals surface area contributed by atoms with Gasteiger partial charge in [-0.2, -0.15) is 0 Å². The average molecular weight is 322 g/mol. The third kappa shape index (κ3) is 3.01. The number of benzene rings is 2. The number of aryl methyl sites for hydroxylation is 1. The number of rotatable bonds is 2. The Morgan fingerprint density at radius 1 is 1.21 bits per heavy atom. The summed E-state index contributed by atoms with van der Waals surface area (Å²) >= 11 is 3.38. The van der Waals surface area contributed by atoms with E-state index < -0.39 is 0 Å². The molecule has 0 atom stereocenters. The fourth-order valence-electron chi connectivity index (χ4n) is 1.72. The number of nitrogens with one attached hydrogen (secondary N) is 1. The van der Waals surface area contributed by atoms with Crippen LogP contribution >= 0.6 is 15.9 Å². The monoisotopic (exact) mass is 321 g/mol. The lowest BCUT2D eigenvalue weighted by molar-refractivity contribution is 0.102. The van der Waals surface area contributed by atoms with E-state index in [1.807, 2.05) is 13.0 Å². The summed E-state index contributed by atoms with van der Waals surface area (Å²) in [6.45, 7) is 3.54. The van der Waals surface area contributed by atoms with E-state index in [-0.39, 0.29) is 11.7 Å². The first kappa shape index (κ1) is 13.7. The van der Waals surface area contributed by atoms with Crippen molar-refractivity contribution in [3.63, 3.8) is 0 Å². The lowest BCUT2D eigenvalue weighted by Crippen LogP contribution is -2.13. The van der Waals surface area contributed by atoms with E-state index in [1.165, 1.54) is 6.07 Å². The van der Waals surface area contributed by atoms with Crippen molar-refractivity contribution < 1.29 is 9.18 Å². The largest absolute Gasteiger partial charge is 0.322 e. The summed E-state index contributed by atoms with van der Waals surface area (Å²) in [4.78, 5) is 12.1. The van der Waals surface area contributed by atoms with Crippen LogP contribution in [0.4, 0.5) is 10.1 Å². The summed E-state index contributed by atoms with van der Waals surface area (Å²) in [5.74, 6) is -0.578. The summed E-state index contributed by atoms with van der Waals surface area (Å²) in [6.07, 6.45) is 0. The predicted octanol–water partition coefficient (Wildman–Crippen LogP) is 4.46. The molecule has 2 aromatic carbocycles. The van der Waals surface area contributed by atoms with Crippen molar-refractivity contribution in [1.29, 1.82) is 0 Å². The van der Waals surface area contributed by atoms with Crippen LogP contribution in [0.5, 0.6) is 0 Å². The molecule has 0 saturated carbocycles. The zero-order valence-electron chi connectivity index (χ0n) is 10.6. The van der Waals surface area contributed by atoms with Gasteiger partial charge in [0.25, 0.3) is 5.91 Å². The highest BCUT2D eigenvalue weighted by Gasteiger charge is 2.11. The number of carbonyl (C=O) groups is 1. The topological polar surface area (TPSA) is 29.1 Å². The van der Waals surface area contributed by atoms with Gasteiger partial charge in [0.2, 0.25) is 0 Å². The Balaban J connectivity index is 2.26. The molecule has 2 rings (SSSR count). The van der Waals surface area contributed by atoms with E-state index >= 15 is 0 Å². The Hall–Kier alpha value is -1.68. The van der Waals surface area contributed by atoms with Crippen LogP contribution in [0.3, 0.4) is 0 Å². The van der Waals surface area contributed by atoms with Crippen LogP contribution in [0.1, 0.15) is 21.5 Å². The van der Waals surface area contributed by atoms with Crippen molar-refractivity contribution in [2.24, 2.45) is 0 Å². The number of halogens is 2. The number of hydrogen-bond acceptors (Lipinski definition) is 1. The first-order valence-electron chi connectivity index (χ1n) is 5.81. The molecule has 0 saturated heterocycles. The van der Waals surface area contributed by atoms with Gasteiger partial charge >= 0.3 is 0 Å². The molecule has 1 amide bonds. The molecule has 4 heteroatoms. The molecular weight excluding hydrogens is 309 g/mol. The van der Waals surface area contributed by atoms with Crippen molar-refractivity contribution >= 4 is 27.5 Å². The number of amides is 1. The summed E-state index contributed by atoms with van der Waals surface area (Å²) in [6, 6.07) is 10.0. The molecule has 0 aliphatic heterocycles. The van der Waals surface area contributed by atoms with Crippen LogP contribution in [-0.2, 0) is 0 Å². The van der Waals surface area contributed by atoms with Crippen LogP contribution in [0.25, 0.3) is 0 Å². The molecule has 1 N–H and O–H groups in total. The van der Waals surface area contributed by atoms with Gasteiger partial charge in [-0.15, -0.1) is 0 Å². The third-order valence-corrected chi connectivity index (χ3v) is 3.80. The van der Waals surface area contributed by atoms with Crippen molar-refractivity contribution in [3.8, 4) is 0 Å². The highest BCUT2D eigenvalue weighted by atomic mass is 79.9. The van der Waals surface area contributed by atoms with Gasteiger partial charge in [0.15, 0.2) is 0 Å². The maximum atomic E-state index is 13.4. The van der Waals surface area contributed by atoms with Gasteiger partial charge < -0.3 is 5.32 Å². The van der Waals surface area contributed by atoms with Crippen LogP contribution in [0.15, 0.2) is 40.9 Å². The van der Waals surface area contributed by atoms with Crippen LogP contribution in [-0.4, -0.2) is 5.91 Å². The molecule has 0 unspecified atom stereocenters. The molecule has 2 nitrogen and oxygen atoms in total. The molecule has 0 aromatic heterocycles. The minimum Gasteiger partial charge on any atom is -0.322 e. The van der Waals surface area contributed by atoms with Crippen molar-refractivity contribution in [3.05, 3.63) is 63.4 Å². The molecule has 0 bridgehead atoms. The summed E-state index contributed by atoms with van der Waals surface area (Å²) in [5, 5.41) is 2.69. The van der Waals surface area contributed by atoms with Crippen LogP contribution in [0, 0.1) is 19.7 Å². The Bertz CT molecular complexity index is 640. The fourth-order valence-corrected chi connectivity index (χ4v) is 2.09. The standard InChI is InChI=1S/C15H13BrFNO/c1-9-6-7-11(8-14(9)17)18-15(19)12-4-3-5-13(16)10(12)2/h3-8H,1-2H3,(H,18,19). The quantitative estimate of drug-likeness (QED) is 0.869. The van der Waals surface area contributed by atoms with E-state index in [0.29, 0.717) is 16.8 Å². The first-order chi connectivity index (χ1) is 8.99. The van der Waals surface area contributed by atoms with E-state index in [9.17, 15) is 9.18 Å². The van der Waals surface area contributed by atoms with Gasteiger partial charge in [0.05, 0.1) is 0 Å². The molecule has 19 heavy (non-hydrogen) atoms. The number of hydrogen-bond donors (Lipinski definition) is 1. The second-order valence-corrected chi connectivity index (χ2v) is 5.18. The minimum atomic E-state index is -0.330. The number of carbonyl (C=O) groups excluding carboxylic acids is 1. The molecular formula is C15H13BrFNO. The van der Waals surface area contributed by atoms with Gasteiger partial charge in [-0.25, -0.2) is 4.39 Å². The molecule has 98 valence electrons. The molecule has 0 fully saturated rings. The summed E-state index contributed by atoms with van der Waals surface area (Å²) in [5.41, 5.74) is 2.42. The number of anilines is 1. The zero-order chi connectivity index (χ0) is 14.0. The second-order valence-electron chi connectivity index (χ2n) is 4.33. The Morgan fingerprint density at radius 2 is 1.95 bits per heavy atom. The average Bonchev–Trinajstić information content (AvgIpc) is 2.37. The fraction of sp³-hybridized carbons (Fsp3) is 0.133. The van der Waals surface area contributed by atoms with Gasteiger partial charge in [-0.1, -0.05) is 28.1 Å². The lowest BCUT2D eigenvalue weighted by Gasteiger charge is -2.09. The predicted molar refractivity (Wildman–Crippen MR) is 78.0 cm³/mol. The Labute approximate surface area is 119 Å². The summed E-state index contributed by atoms with van der Waals surface area (Å²) < 4.78 is 14.3. The molecule has 0 heterocycles. The van der Waals surface area contributed by atoms with Gasteiger partial charge in [0.1, 0.15) is 5.82 Å². The van der Waals surface area contributed by atoms with Crippen molar-refractivity contribution in [2.75, 3.05) is 5.32 Å². The SMILES string of the molecule is Cc1ccc(NC(=O)c2cccc(Br)c2C)cc1F. The van der Waals surface area contributed by atoms with Gasteiger partial charge in [0, 0.05) is 15.7 Å². The van der Waals surface area contributed by atoms with E-state index in [0.717, 1.165) is 10.0 Å². The second kappa shape index (κ2) is 5.53. The van der Waals surface area contributed by atoms with Gasteiger partial charge in [-0.3, -0.25) is 4.79 Å². The van der Waals surface area contributed by atoms with Crippen molar-refractivity contribution in [1.82, 2.24) is 0 Å². The third-order valence-electron chi connectivity index (χ3n) is 2.94. The van der Waals surface area contributed by atoms with E-state index in [2.05, 4.69) is 21.2 Å². The molecule has 2 aromatic rings. The highest BCUT2D eigenvalue weighted by molar-refractivity contribution is 9.10. The van der Waals surface area contributed by atoms with Gasteiger partial charge in [-0.05, 0) is 49.2 Å². The molecule has 0 aliphatic carbocycles. The van der Waals surface area contributed by atoms with Crippen LogP contribution in [0.2, 0.25) is 0 Å². The molecule has 0 spiro atoms. The Kier molecular flexibility index (Phi) is 4.00. The normalized spacial score (nSPS) is 10.3. The van der Waals surface area contributed by atoms with Crippen LogP contribution < -0.4 is 5.32 Å². The molecule has 0 aliphatic rings. The highest BCUT2D eigenvalue weighted by Crippen LogP contribution is 2.21. The van der Waals surface area contributed by atoms with E-state index in [1.54, 1.807) is 31.2 Å². The molecule has 0 radical (unpaired) electrons. The Morgan fingerprint density at radius 3 is 2.63 bits per heavy atom. The smallest absolute Gasteiger partial charge is 0.255 e. The summed E-state index contributed by atoms with van der Waals surface area (Å²) in [7, 11) is 0.